The summed E-state index contributed by atoms with van der Waals surface area (Å²) in [6, 6.07) is 0. The van der Waals surface area contributed by atoms with Crippen LogP contribution in [0.3, 0.4) is 0 Å². The first-order chi connectivity index (χ1) is 7.74. The molecule has 0 aromatic carbocycles. The van der Waals surface area contributed by atoms with Crippen molar-refractivity contribution in [2.45, 2.75) is 32.6 Å². The summed E-state index contributed by atoms with van der Waals surface area (Å²) in [5.74, 6) is 1.50. The molecule has 0 amide bonds. The summed E-state index contributed by atoms with van der Waals surface area (Å²) in [7, 11) is 1.98. The molecule has 0 fully saturated rings. The highest BCUT2D eigenvalue weighted by atomic mass is 15.1. The van der Waals surface area contributed by atoms with E-state index < -0.39 is 0 Å². The molecule has 0 unspecified atom stereocenters. The van der Waals surface area contributed by atoms with Gasteiger partial charge in [0.25, 0.3) is 0 Å². The van der Waals surface area contributed by atoms with E-state index in [-0.39, 0.29) is 0 Å². The van der Waals surface area contributed by atoms with E-state index >= 15 is 0 Å². The van der Waals surface area contributed by atoms with Gasteiger partial charge in [-0.1, -0.05) is 19.8 Å². The molecule has 2 N–H and O–H groups in total. The summed E-state index contributed by atoms with van der Waals surface area (Å²) in [5.41, 5.74) is 7.30. The number of aryl methyl sites for hydroxylation is 2. The smallest absolute Gasteiger partial charge is 0.165 e. The first-order valence-electron chi connectivity index (χ1n) is 5.65. The molecule has 2 aromatic heterocycles. The zero-order valence-electron chi connectivity index (χ0n) is 9.77. The number of hydrogen-bond donors (Lipinski definition) is 1. The quantitative estimate of drug-likeness (QED) is 0.794. The lowest BCUT2D eigenvalue weighted by Gasteiger charge is -2.00. The van der Waals surface area contributed by atoms with Crippen LogP contribution in [0.25, 0.3) is 11.2 Å². The van der Waals surface area contributed by atoms with E-state index in [1.807, 2.05) is 11.6 Å². The number of nitrogens with two attached hydrogens (primary N) is 1. The largest absolute Gasteiger partial charge is 0.382 e. The molecule has 86 valence electrons. The maximum atomic E-state index is 5.77. The van der Waals surface area contributed by atoms with Crippen molar-refractivity contribution in [2.24, 2.45) is 7.05 Å². The Hall–Kier alpha value is -1.65. The second kappa shape index (κ2) is 4.47. The predicted octanol–water partition coefficient (Wildman–Crippen LogP) is 1.68. The maximum absolute atomic E-state index is 5.77. The third-order valence-electron chi connectivity index (χ3n) is 2.78. The second-order valence-corrected chi connectivity index (χ2v) is 3.98. The number of aromatic nitrogens is 4. The van der Waals surface area contributed by atoms with Gasteiger partial charge in [0.2, 0.25) is 0 Å². The zero-order chi connectivity index (χ0) is 11.5. The van der Waals surface area contributed by atoms with Crippen LogP contribution in [-0.4, -0.2) is 19.5 Å². The molecule has 0 spiro atoms. The highest BCUT2D eigenvalue weighted by Gasteiger charge is 2.10. The summed E-state index contributed by atoms with van der Waals surface area (Å²) < 4.78 is 2.00. The van der Waals surface area contributed by atoms with E-state index in [1.54, 1.807) is 0 Å². The van der Waals surface area contributed by atoms with Gasteiger partial charge in [0, 0.05) is 13.5 Å². The molecular formula is C11H17N5. The first kappa shape index (κ1) is 10.9. The Morgan fingerprint density at radius 2 is 2.12 bits per heavy atom. The molecule has 0 saturated carbocycles. The van der Waals surface area contributed by atoms with Crippen LogP contribution in [0.1, 0.15) is 32.0 Å². The standard InChI is InChI=1S/C11H17N5/c1-3-4-5-6-8-15-9-10(12)13-7-14-11(9)16(8)2/h7H,3-6H2,1-2H3,(H2,12,13,14). The van der Waals surface area contributed by atoms with Crippen molar-refractivity contribution in [2.75, 3.05) is 5.73 Å². The molecule has 0 aliphatic carbocycles. The minimum absolute atomic E-state index is 0.461. The number of anilines is 1. The molecule has 0 radical (unpaired) electrons. The van der Waals surface area contributed by atoms with Crippen LogP contribution in [0.5, 0.6) is 0 Å². The number of rotatable bonds is 4. The molecule has 0 bridgehead atoms. The van der Waals surface area contributed by atoms with Gasteiger partial charge in [-0.25, -0.2) is 15.0 Å². The number of nitrogen functional groups attached to an aromatic ring is 1. The fourth-order valence-corrected chi connectivity index (χ4v) is 1.82. The Balaban J connectivity index is 2.33. The van der Waals surface area contributed by atoms with Gasteiger partial charge in [-0.15, -0.1) is 0 Å². The average molecular weight is 219 g/mol. The van der Waals surface area contributed by atoms with Crippen molar-refractivity contribution in [3.8, 4) is 0 Å². The van der Waals surface area contributed by atoms with Gasteiger partial charge < -0.3 is 10.3 Å². The van der Waals surface area contributed by atoms with Gasteiger partial charge in [-0.3, -0.25) is 0 Å². The number of imidazole rings is 1. The molecular weight excluding hydrogens is 202 g/mol. The van der Waals surface area contributed by atoms with E-state index in [9.17, 15) is 0 Å². The van der Waals surface area contributed by atoms with Crippen molar-refractivity contribution in [1.82, 2.24) is 19.5 Å². The van der Waals surface area contributed by atoms with Crippen molar-refractivity contribution in [3.63, 3.8) is 0 Å². The topological polar surface area (TPSA) is 69.6 Å². The van der Waals surface area contributed by atoms with Crippen LogP contribution >= 0.6 is 0 Å². The van der Waals surface area contributed by atoms with Crippen molar-refractivity contribution < 1.29 is 0 Å². The molecule has 5 heteroatoms. The second-order valence-electron chi connectivity index (χ2n) is 3.98. The Morgan fingerprint density at radius 3 is 2.81 bits per heavy atom. The fourth-order valence-electron chi connectivity index (χ4n) is 1.82. The van der Waals surface area contributed by atoms with Crippen LogP contribution in [0, 0.1) is 0 Å². The fraction of sp³-hybridized carbons (Fsp3) is 0.545. The van der Waals surface area contributed by atoms with Crippen molar-refractivity contribution in [3.05, 3.63) is 12.2 Å². The first-order valence-corrected chi connectivity index (χ1v) is 5.65. The summed E-state index contributed by atoms with van der Waals surface area (Å²) >= 11 is 0. The highest BCUT2D eigenvalue weighted by Crippen LogP contribution is 2.17. The van der Waals surface area contributed by atoms with E-state index in [0.717, 1.165) is 29.8 Å². The number of hydrogen-bond acceptors (Lipinski definition) is 4. The van der Waals surface area contributed by atoms with Crippen LogP contribution in [0.4, 0.5) is 5.82 Å². The van der Waals surface area contributed by atoms with Gasteiger partial charge in [0.15, 0.2) is 17.0 Å². The maximum Gasteiger partial charge on any atom is 0.165 e. The van der Waals surface area contributed by atoms with E-state index in [1.165, 1.54) is 19.2 Å². The summed E-state index contributed by atoms with van der Waals surface area (Å²) in [4.78, 5) is 12.6. The monoisotopic (exact) mass is 219 g/mol. The zero-order valence-corrected chi connectivity index (χ0v) is 9.77. The van der Waals surface area contributed by atoms with Crippen LogP contribution in [0.2, 0.25) is 0 Å². The van der Waals surface area contributed by atoms with Gasteiger partial charge >= 0.3 is 0 Å². The minimum atomic E-state index is 0.461. The number of unbranched alkanes of at least 4 members (excludes halogenated alkanes) is 2. The molecule has 2 aromatic rings. The minimum Gasteiger partial charge on any atom is -0.382 e. The number of fused-ring (bicyclic) bond motifs is 1. The molecule has 2 rings (SSSR count). The Bertz CT molecular complexity index is 488. The summed E-state index contributed by atoms with van der Waals surface area (Å²) in [6.45, 7) is 2.19. The van der Waals surface area contributed by atoms with Crippen LogP contribution in [-0.2, 0) is 13.5 Å². The Labute approximate surface area is 94.7 Å². The summed E-state index contributed by atoms with van der Waals surface area (Å²) in [6.07, 6.45) is 6.05. The van der Waals surface area contributed by atoms with E-state index in [2.05, 4.69) is 21.9 Å². The lowest BCUT2D eigenvalue weighted by molar-refractivity contribution is 0.675. The molecule has 2 heterocycles. The predicted molar refractivity (Wildman–Crippen MR) is 63.9 cm³/mol. The van der Waals surface area contributed by atoms with Gasteiger partial charge in [0.05, 0.1) is 0 Å². The van der Waals surface area contributed by atoms with Gasteiger partial charge in [-0.2, -0.15) is 0 Å². The molecule has 0 aliphatic heterocycles. The van der Waals surface area contributed by atoms with Crippen LogP contribution < -0.4 is 5.73 Å². The Kier molecular flexibility index (Phi) is 3.03. The highest BCUT2D eigenvalue weighted by molar-refractivity contribution is 5.81. The third-order valence-corrected chi connectivity index (χ3v) is 2.78. The van der Waals surface area contributed by atoms with Crippen LogP contribution in [0.15, 0.2) is 6.33 Å². The SMILES string of the molecule is CCCCCc1nc2c(N)ncnc2n1C. The third kappa shape index (κ3) is 1.85. The molecule has 5 nitrogen and oxygen atoms in total. The lowest BCUT2D eigenvalue weighted by Crippen LogP contribution is -1.98. The van der Waals surface area contributed by atoms with Crippen molar-refractivity contribution >= 4 is 17.0 Å². The average Bonchev–Trinajstić information content (AvgIpc) is 2.59. The van der Waals surface area contributed by atoms with Gasteiger partial charge in [0.1, 0.15) is 12.2 Å². The Morgan fingerprint density at radius 1 is 1.31 bits per heavy atom. The molecule has 16 heavy (non-hydrogen) atoms. The summed E-state index contributed by atoms with van der Waals surface area (Å²) in [5, 5.41) is 0. The van der Waals surface area contributed by atoms with E-state index in [4.69, 9.17) is 5.73 Å². The lowest BCUT2D eigenvalue weighted by atomic mass is 10.2. The molecule has 0 aliphatic rings. The molecule has 0 atom stereocenters. The van der Waals surface area contributed by atoms with Crippen molar-refractivity contribution in [1.29, 1.82) is 0 Å². The molecule has 0 saturated heterocycles. The normalized spacial score (nSPS) is 11.1. The van der Waals surface area contributed by atoms with Gasteiger partial charge in [-0.05, 0) is 6.42 Å². The number of nitrogens with zero attached hydrogens (tertiary/aromatic N) is 4. The van der Waals surface area contributed by atoms with E-state index in [0.29, 0.717) is 5.82 Å².